The second-order valence-electron chi connectivity index (χ2n) is 5.24. The predicted octanol–water partition coefficient (Wildman–Crippen LogP) is 4.10. The Labute approximate surface area is 114 Å². The van der Waals surface area contributed by atoms with Crippen molar-refractivity contribution in [1.82, 2.24) is 0 Å². The maximum absolute atomic E-state index is 6.71. The van der Waals surface area contributed by atoms with Gasteiger partial charge in [0.2, 0.25) is 0 Å². The van der Waals surface area contributed by atoms with Crippen LogP contribution in [0.5, 0.6) is 5.75 Å². The smallest absolute Gasteiger partial charge is 0.137 e. The Morgan fingerprint density at radius 2 is 2.22 bits per heavy atom. The Bertz CT molecular complexity index is 421. The zero-order chi connectivity index (χ0) is 13.2. The minimum Gasteiger partial charge on any atom is -0.495 e. The summed E-state index contributed by atoms with van der Waals surface area (Å²) in [6, 6.07) is 5.96. The Hall–Kier alpha value is -0.730. The molecule has 2 unspecified atom stereocenters. The van der Waals surface area contributed by atoms with Crippen molar-refractivity contribution in [3.63, 3.8) is 0 Å². The predicted molar refractivity (Wildman–Crippen MR) is 76.1 cm³/mol. The summed E-state index contributed by atoms with van der Waals surface area (Å²) in [5, 5.41) is 0.647. The molecule has 1 aliphatic rings. The van der Waals surface area contributed by atoms with E-state index in [2.05, 4.69) is 13.0 Å². The highest BCUT2D eigenvalue weighted by molar-refractivity contribution is 6.32. The van der Waals surface area contributed by atoms with Crippen LogP contribution in [0.1, 0.15) is 44.6 Å². The molecule has 0 spiro atoms. The van der Waals surface area contributed by atoms with E-state index in [0.717, 1.165) is 24.2 Å². The highest BCUT2D eigenvalue weighted by atomic mass is 35.5. The van der Waals surface area contributed by atoms with Crippen LogP contribution in [0.4, 0.5) is 0 Å². The molecule has 0 heterocycles. The quantitative estimate of drug-likeness (QED) is 0.895. The molecular formula is C15H22ClNO. The van der Waals surface area contributed by atoms with Gasteiger partial charge in [0, 0.05) is 5.54 Å². The highest BCUT2D eigenvalue weighted by Crippen LogP contribution is 2.43. The van der Waals surface area contributed by atoms with Gasteiger partial charge in [0.05, 0.1) is 12.1 Å². The molecule has 18 heavy (non-hydrogen) atoms. The van der Waals surface area contributed by atoms with Crippen LogP contribution in [0.3, 0.4) is 0 Å². The molecule has 0 aliphatic heterocycles. The number of hydrogen-bond acceptors (Lipinski definition) is 2. The number of ether oxygens (including phenoxy) is 1. The number of nitrogens with two attached hydrogens (primary N) is 1. The fraction of sp³-hybridized carbons (Fsp3) is 0.600. The first-order valence-corrected chi connectivity index (χ1v) is 7.12. The fourth-order valence-electron chi connectivity index (χ4n) is 3.17. The van der Waals surface area contributed by atoms with Crippen LogP contribution < -0.4 is 10.5 Å². The Morgan fingerprint density at radius 1 is 1.44 bits per heavy atom. The van der Waals surface area contributed by atoms with Crippen molar-refractivity contribution in [2.24, 2.45) is 11.7 Å². The van der Waals surface area contributed by atoms with Gasteiger partial charge < -0.3 is 10.5 Å². The third-order valence-electron chi connectivity index (χ3n) is 4.30. The van der Waals surface area contributed by atoms with Crippen LogP contribution in [0, 0.1) is 5.92 Å². The first-order chi connectivity index (χ1) is 8.61. The third-order valence-corrected chi connectivity index (χ3v) is 4.62. The summed E-state index contributed by atoms with van der Waals surface area (Å²) in [4.78, 5) is 0. The van der Waals surface area contributed by atoms with Gasteiger partial charge in [-0.3, -0.25) is 0 Å². The molecule has 2 rings (SSSR count). The Kier molecular flexibility index (Phi) is 4.18. The monoisotopic (exact) mass is 267 g/mol. The minimum absolute atomic E-state index is 0.217. The average Bonchev–Trinajstić information content (AvgIpc) is 2.39. The molecule has 3 heteroatoms. The zero-order valence-corrected chi connectivity index (χ0v) is 12.0. The van der Waals surface area contributed by atoms with E-state index in [1.807, 2.05) is 12.1 Å². The molecule has 0 aromatic heterocycles. The molecule has 0 saturated heterocycles. The van der Waals surface area contributed by atoms with Crippen molar-refractivity contribution < 1.29 is 4.74 Å². The molecule has 100 valence electrons. The highest BCUT2D eigenvalue weighted by Gasteiger charge is 2.37. The van der Waals surface area contributed by atoms with E-state index < -0.39 is 0 Å². The van der Waals surface area contributed by atoms with Crippen molar-refractivity contribution in [2.75, 3.05) is 7.11 Å². The maximum atomic E-state index is 6.71. The van der Waals surface area contributed by atoms with Crippen LogP contribution in [0.2, 0.25) is 5.02 Å². The lowest BCUT2D eigenvalue weighted by molar-refractivity contribution is 0.184. The number of methoxy groups -OCH3 is 1. The van der Waals surface area contributed by atoms with Gasteiger partial charge in [-0.1, -0.05) is 43.9 Å². The van der Waals surface area contributed by atoms with Crippen molar-refractivity contribution >= 4 is 11.6 Å². The van der Waals surface area contributed by atoms with E-state index in [1.54, 1.807) is 7.11 Å². The van der Waals surface area contributed by atoms with Crippen LogP contribution in [0.15, 0.2) is 18.2 Å². The van der Waals surface area contributed by atoms with Gasteiger partial charge in [-0.05, 0) is 36.5 Å². The second-order valence-corrected chi connectivity index (χ2v) is 5.65. The second kappa shape index (κ2) is 5.50. The summed E-state index contributed by atoms with van der Waals surface area (Å²) >= 11 is 6.09. The lowest BCUT2D eigenvalue weighted by Gasteiger charge is -2.41. The number of rotatable bonds is 3. The largest absolute Gasteiger partial charge is 0.495 e. The van der Waals surface area contributed by atoms with E-state index in [-0.39, 0.29) is 5.54 Å². The van der Waals surface area contributed by atoms with E-state index in [9.17, 15) is 0 Å². The lowest BCUT2D eigenvalue weighted by Crippen LogP contribution is -2.46. The molecule has 2 N–H and O–H groups in total. The standard InChI is InChI=1S/C15H22ClNO/c1-3-11-6-4-5-9-15(11,17)12-7-8-13(16)14(10-12)18-2/h7-8,10-11H,3-6,9,17H2,1-2H3. The number of hydrogen-bond donors (Lipinski definition) is 1. The Morgan fingerprint density at radius 3 is 2.89 bits per heavy atom. The molecular weight excluding hydrogens is 246 g/mol. The first-order valence-electron chi connectivity index (χ1n) is 6.74. The van der Waals surface area contributed by atoms with E-state index in [1.165, 1.54) is 19.3 Å². The maximum Gasteiger partial charge on any atom is 0.137 e. The molecule has 0 amide bonds. The molecule has 2 atom stereocenters. The molecule has 1 saturated carbocycles. The molecule has 1 aromatic rings. The van der Waals surface area contributed by atoms with Gasteiger partial charge in [-0.2, -0.15) is 0 Å². The summed E-state index contributed by atoms with van der Waals surface area (Å²) in [7, 11) is 1.65. The number of benzene rings is 1. The van der Waals surface area contributed by atoms with E-state index in [4.69, 9.17) is 22.1 Å². The molecule has 1 aromatic carbocycles. The van der Waals surface area contributed by atoms with Crippen LogP contribution in [-0.2, 0) is 5.54 Å². The van der Waals surface area contributed by atoms with Crippen molar-refractivity contribution in [3.8, 4) is 5.75 Å². The first kappa shape index (κ1) is 13.7. The molecule has 0 bridgehead atoms. The molecule has 2 nitrogen and oxygen atoms in total. The summed E-state index contributed by atoms with van der Waals surface area (Å²) in [5.41, 5.74) is 7.66. The van der Waals surface area contributed by atoms with Crippen molar-refractivity contribution in [3.05, 3.63) is 28.8 Å². The van der Waals surface area contributed by atoms with Crippen LogP contribution >= 0.6 is 11.6 Å². The average molecular weight is 268 g/mol. The SMILES string of the molecule is CCC1CCCCC1(N)c1ccc(Cl)c(OC)c1. The van der Waals surface area contributed by atoms with Gasteiger partial charge in [-0.15, -0.1) is 0 Å². The van der Waals surface area contributed by atoms with Gasteiger partial charge in [0.15, 0.2) is 0 Å². The van der Waals surface area contributed by atoms with Crippen LogP contribution in [0.25, 0.3) is 0 Å². The molecule has 1 aliphatic carbocycles. The fourth-order valence-corrected chi connectivity index (χ4v) is 3.36. The zero-order valence-electron chi connectivity index (χ0n) is 11.2. The summed E-state index contributed by atoms with van der Waals surface area (Å²) in [6.45, 7) is 2.23. The number of halogens is 1. The molecule has 1 fully saturated rings. The van der Waals surface area contributed by atoms with Crippen molar-refractivity contribution in [1.29, 1.82) is 0 Å². The van der Waals surface area contributed by atoms with Gasteiger partial charge in [0.25, 0.3) is 0 Å². The van der Waals surface area contributed by atoms with Gasteiger partial charge in [-0.25, -0.2) is 0 Å². The van der Waals surface area contributed by atoms with E-state index in [0.29, 0.717) is 10.9 Å². The summed E-state index contributed by atoms with van der Waals surface area (Å²) in [5.74, 6) is 1.27. The van der Waals surface area contributed by atoms with Crippen molar-refractivity contribution in [2.45, 2.75) is 44.6 Å². The lowest BCUT2D eigenvalue weighted by atomic mass is 9.68. The van der Waals surface area contributed by atoms with E-state index >= 15 is 0 Å². The third kappa shape index (κ3) is 2.36. The van der Waals surface area contributed by atoms with Gasteiger partial charge in [0.1, 0.15) is 5.75 Å². The normalized spacial score (nSPS) is 28.1. The topological polar surface area (TPSA) is 35.2 Å². The van der Waals surface area contributed by atoms with Crippen LogP contribution in [-0.4, -0.2) is 7.11 Å². The summed E-state index contributed by atoms with van der Waals surface area (Å²) in [6.07, 6.45) is 5.90. The van der Waals surface area contributed by atoms with Gasteiger partial charge >= 0.3 is 0 Å². The summed E-state index contributed by atoms with van der Waals surface area (Å²) < 4.78 is 5.30. The molecule has 0 radical (unpaired) electrons. The minimum atomic E-state index is -0.217. The Balaban J connectivity index is 2.38.